The number of aryl methyl sites for hydroxylation is 1. The van der Waals surface area contributed by atoms with Crippen molar-refractivity contribution in [2.45, 2.75) is 25.8 Å². The molecule has 5 heteroatoms. The van der Waals surface area contributed by atoms with Crippen LogP contribution in [0, 0.1) is 0 Å². The minimum Gasteiger partial charge on any atom is -0.333 e. The second-order valence-corrected chi connectivity index (χ2v) is 2.56. The number of aromatic nitrogens is 2. The first kappa shape index (κ1) is 9.45. The molecule has 0 aliphatic heterocycles. The maximum absolute atomic E-state index is 12.2. The van der Waals surface area contributed by atoms with E-state index in [1.54, 1.807) is 4.57 Å². The maximum Gasteiger partial charge on any atom is 0.282 e. The summed E-state index contributed by atoms with van der Waals surface area (Å²) in [5.41, 5.74) is 0.209. The van der Waals surface area contributed by atoms with Gasteiger partial charge in [0.15, 0.2) is 0 Å². The van der Waals surface area contributed by atoms with Crippen molar-refractivity contribution >= 4 is 11.6 Å². The first-order valence-electron chi connectivity index (χ1n) is 3.58. The molecule has 0 amide bonds. The van der Waals surface area contributed by atoms with Gasteiger partial charge in [0.25, 0.3) is 6.43 Å². The van der Waals surface area contributed by atoms with Crippen LogP contribution < -0.4 is 0 Å². The standard InChI is InChI=1S/C7H9ClF2N2/c1-2-12-4-11-6(7(9)10)5(12)3-8/h4,7H,2-3H2,1H3. The quantitative estimate of drug-likeness (QED) is 0.677. The number of halogens is 3. The van der Waals surface area contributed by atoms with Gasteiger partial charge in [-0.25, -0.2) is 13.8 Å². The molecule has 0 N–H and O–H groups in total. The molecule has 0 aromatic carbocycles. The van der Waals surface area contributed by atoms with E-state index in [1.807, 2.05) is 6.92 Å². The Morgan fingerprint density at radius 3 is 2.75 bits per heavy atom. The van der Waals surface area contributed by atoms with E-state index >= 15 is 0 Å². The Morgan fingerprint density at radius 1 is 1.67 bits per heavy atom. The third kappa shape index (κ3) is 1.58. The molecule has 0 radical (unpaired) electrons. The fraction of sp³-hybridized carbons (Fsp3) is 0.571. The molecule has 1 aromatic rings. The second-order valence-electron chi connectivity index (χ2n) is 2.30. The van der Waals surface area contributed by atoms with Gasteiger partial charge in [0.05, 0.1) is 17.9 Å². The van der Waals surface area contributed by atoms with E-state index < -0.39 is 6.43 Å². The van der Waals surface area contributed by atoms with Crippen molar-refractivity contribution in [3.63, 3.8) is 0 Å². The molecule has 0 fully saturated rings. The van der Waals surface area contributed by atoms with Gasteiger partial charge in [0.2, 0.25) is 0 Å². The average molecular weight is 195 g/mol. The van der Waals surface area contributed by atoms with Crippen LogP contribution >= 0.6 is 11.6 Å². The van der Waals surface area contributed by atoms with E-state index in [-0.39, 0.29) is 11.6 Å². The Bertz CT molecular complexity index is 260. The zero-order valence-corrected chi connectivity index (χ0v) is 7.35. The Kier molecular flexibility index (Phi) is 3.03. The number of rotatable bonds is 3. The summed E-state index contributed by atoms with van der Waals surface area (Å²) < 4.78 is 26.1. The molecular formula is C7H9ClF2N2. The van der Waals surface area contributed by atoms with Crippen LogP contribution in [0.15, 0.2) is 6.33 Å². The molecular weight excluding hydrogens is 186 g/mol. The van der Waals surface area contributed by atoms with Crippen molar-refractivity contribution in [1.82, 2.24) is 9.55 Å². The van der Waals surface area contributed by atoms with Gasteiger partial charge in [0, 0.05) is 6.54 Å². The normalized spacial score (nSPS) is 11.1. The van der Waals surface area contributed by atoms with Crippen molar-refractivity contribution in [2.24, 2.45) is 0 Å². The fourth-order valence-corrected chi connectivity index (χ4v) is 1.31. The number of hydrogen-bond acceptors (Lipinski definition) is 1. The van der Waals surface area contributed by atoms with E-state index in [9.17, 15) is 8.78 Å². The van der Waals surface area contributed by atoms with Crippen LogP contribution in [0.4, 0.5) is 8.78 Å². The Labute approximate surface area is 74.2 Å². The molecule has 0 saturated carbocycles. The molecule has 0 saturated heterocycles. The lowest BCUT2D eigenvalue weighted by molar-refractivity contribution is 0.145. The summed E-state index contributed by atoms with van der Waals surface area (Å²) in [5.74, 6) is 0.0769. The minimum atomic E-state index is -2.54. The highest BCUT2D eigenvalue weighted by Gasteiger charge is 2.17. The zero-order chi connectivity index (χ0) is 9.14. The molecule has 0 aliphatic rings. The molecule has 0 spiro atoms. The summed E-state index contributed by atoms with van der Waals surface area (Å²) in [5, 5.41) is 0. The highest BCUT2D eigenvalue weighted by Crippen LogP contribution is 2.22. The fourth-order valence-electron chi connectivity index (χ4n) is 1.02. The van der Waals surface area contributed by atoms with E-state index in [0.29, 0.717) is 12.2 Å². The number of imidazole rings is 1. The molecule has 1 rings (SSSR count). The van der Waals surface area contributed by atoms with Gasteiger partial charge in [-0.15, -0.1) is 11.6 Å². The monoisotopic (exact) mass is 194 g/mol. The van der Waals surface area contributed by atoms with E-state index in [4.69, 9.17) is 11.6 Å². The summed E-state index contributed by atoms with van der Waals surface area (Å²) in [7, 11) is 0. The summed E-state index contributed by atoms with van der Waals surface area (Å²) in [6.45, 7) is 2.47. The van der Waals surface area contributed by atoms with Gasteiger partial charge in [-0.1, -0.05) is 0 Å². The van der Waals surface area contributed by atoms with Gasteiger partial charge in [-0.2, -0.15) is 0 Å². The lowest BCUT2D eigenvalue weighted by atomic mass is 10.3. The molecule has 1 aromatic heterocycles. The zero-order valence-electron chi connectivity index (χ0n) is 6.60. The van der Waals surface area contributed by atoms with Gasteiger partial charge >= 0.3 is 0 Å². The number of hydrogen-bond donors (Lipinski definition) is 0. The first-order valence-corrected chi connectivity index (χ1v) is 4.12. The molecule has 1 heterocycles. The predicted octanol–water partition coefficient (Wildman–Crippen LogP) is 2.58. The third-order valence-corrected chi connectivity index (χ3v) is 1.91. The molecule has 68 valence electrons. The maximum atomic E-state index is 12.2. The topological polar surface area (TPSA) is 17.8 Å². The lowest BCUT2D eigenvalue weighted by Crippen LogP contribution is -1.99. The van der Waals surface area contributed by atoms with Crippen LogP contribution in [0.3, 0.4) is 0 Å². The van der Waals surface area contributed by atoms with Crippen LogP contribution in [0.1, 0.15) is 24.7 Å². The Hall–Kier alpha value is -0.640. The van der Waals surface area contributed by atoms with Gasteiger partial charge < -0.3 is 4.57 Å². The van der Waals surface area contributed by atoms with E-state index in [0.717, 1.165) is 0 Å². The predicted molar refractivity (Wildman–Crippen MR) is 42.4 cm³/mol. The molecule has 0 bridgehead atoms. The highest BCUT2D eigenvalue weighted by molar-refractivity contribution is 6.17. The van der Waals surface area contributed by atoms with Crippen molar-refractivity contribution in [2.75, 3.05) is 0 Å². The largest absolute Gasteiger partial charge is 0.333 e. The van der Waals surface area contributed by atoms with Gasteiger partial charge in [-0.3, -0.25) is 0 Å². The molecule has 2 nitrogen and oxygen atoms in total. The number of alkyl halides is 3. The van der Waals surface area contributed by atoms with Crippen LogP contribution in [-0.4, -0.2) is 9.55 Å². The summed E-state index contributed by atoms with van der Waals surface area (Å²) in [6.07, 6.45) is -1.15. The third-order valence-electron chi connectivity index (χ3n) is 1.65. The van der Waals surface area contributed by atoms with E-state index in [2.05, 4.69) is 4.98 Å². The van der Waals surface area contributed by atoms with Crippen LogP contribution in [0.5, 0.6) is 0 Å². The number of nitrogens with zero attached hydrogens (tertiary/aromatic N) is 2. The SMILES string of the molecule is CCn1cnc(C(F)F)c1CCl. The van der Waals surface area contributed by atoms with Crippen LogP contribution in [0.2, 0.25) is 0 Å². The summed E-state index contributed by atoms with van der Waals surface area (Å²) in [4.78, 5) is 3.59. The van der Waals surface area contributed by atoms with Crippen molar-refractivity contribution in [3.8, 4) is 0 Å². The Balaban J connectivity index is 3.05. The average Bonchev–Trinajstić information content (AvgIpc) is 2.46. The minimum absolute atomic E-state index is 0.0769. The Morgan fingerprint density at radius 2 is 2.33 bits per heavy atom. The van der Waals surface area contributed by atoms with Crippen LogP contribution in [-0.2, 0) is 12.4 Å². The highest BCUT2D eigenvalue weighted by atomic mass is 35.5. The van der Waals surface area contributed by atoms with Gasteiger partial charge in [0.1, 0.15) is 5.69 Å². The van der Waals surface area contributed by atoms with Gasteiger partial charge in [-0.05, 0) is 6.92 Å². The lowest BCUT2D eigenvalue weighted by Gasteiger charge is -2.02. The van der Waals surface area contributed by atoms with Crippen molar-refractivity contribution < 1.29 is 8.78 Å². The smallest absolute Gasteiger partial charge is 0.282 e. The van der Waals surface area contributed by atoms with Crippen molar-refractivity contribution in [3.05, 3.63) is 17.7 Å². The summed E-state index contributed by atoms with van der Waals surface area (Å²) >= 11 is 5.51. The van der Waals surface area contributed by atoms with E-state index in [1.165, 1.54) is 6.33 Å². The second kappa shape index (κ2) is 3.85. The molecule has 12 heavy (non-hydrogen) atoms. The summed E-state index contributed by atoms with van der Waals surface area (Å²) in [6, 6.07) is 0. The molecule has 0 atom stereocenters. The van der Waals surface area contributed by atoms with Crippen molar-refractivity contribution in [1.29, 1.82) is 0 Å². The molecule has 0 unspecified atom stereocenters. The molecule has 0 aliphatic carbocycles. The van der Waals surface area contributed by atoms with Crippen LogP contribution in [0.25, 0.3) is 0 Å². The first-order chi connectivity index (χ1) is 5.70.